The van der Waals surface area contributed by atoms with Crippen LogP contribution in [0, 0.1) is 28.5 Å². The molecule has 40 heavy (non-hydrogen) atoms. The van der Waals surface area contributed by atoms with Crippen molar-refractivity contribution in [3.05, 3.63) is 89.0 Å². The highest BCUT2D eigenvalue weighted by Crippen LogP contribution is 2.72. The first kappa shape index (κ1) is 25.3. The smallest absolute Gasteiger partial charge is 0.341 e. The fourth-order valence-corrected chi connectivity index (χ4v) is 6.94. The lowest BCUT2D eigenvalue weighted by atomic mass is 9.79. The van der Waals surface area contributed by atoms with Crippen LogP contribution in [0.15, 0.2) is 60.7 Å². The predicted molar refractivity (Wildman–Crippen MR) is 144 cm³/mol. The molecule has 3 fully saturated rings. The maximum absolute atomic E-state index is 14.4. The number of hydrogen-bond donors (Lipinski definition) is 1. The van der Waals surface area contributed by atoms with Crippen molar-refractivity contribution in [2.75, 3.05) is 19.6 Å². The molecule has 1 atom stereocenters. The molecule has 3 aliphatic rings. The molecular formula is C32H28F4N4. The molecule has 8 heteroatoms. The Kier molecular flexibility index (Phi) is 5.63. The van der Waals surface area contributed by atoms with Gasteiger partial charge in [-0.3, -0.25) is 0 Å². The van der Waals surface area contributed by atoms with Crippen LogP contribution in [0.3, 0.4) is 0 Å². The van der Waals surface area contributed by atoms with Crippen LogP contribution >= 0.6 is 0 Å². The van der Waals surface area contributed by atoms with Gasteiger partial charge in [0.2, 0.25) is 0 Å². The monoisotopic (exact) mass is 544 g/mol. The summed E-state index contributed by atoms with van der Waals surface area (Å²) in [4.78, 5) is 10.5. The summed E-state index contributed by atoms with van der Waals surface area (Å²) in [5.41, 5.74) is 2.13. The molecule has 7 rings (SSSR count). The van der Waals surface area contributed by atoms with E-state index in [0.717, 1.165) is 73.6 Å². The molecule has 4 aromatic rings. The zero-order chi connectivity index (χ0) is 27.7. The summed E-state index contributed by atoms with van der Waals surface area (Å²) in [6, 6.07) is 19.6. The first-order valence-corrected chi connectivity index (χ1v) is 13.8. The number of nitrogens with zero attached hydrogens (tertiary/aromatic N) is 3. The van der Waals surface area contributed by atoms with Crippen LogP contribution in [0.5, 0.6) is 0 Å². The highest BCUT2D eigenvalue weighted by Gasteiger charge is 2.70. The van der Waals surface area contributed by atoms with Crippen molar-refractivity contribution in [2.24, 2.45) is 11.3 Å². The number of aromatic nitrogens is 2. The van der Waals surface area contributed by atoms with E-state index < -0.39 is 23.0 Å². The molecular weight excluding hydrogens is 516 g/mol. The number of piperidine rings is 1. The van der Waals surface area contributed by atoms with Gasteiger partial charge in [-0.1, -0.05) is 36.4 Å². The number of benzene rings is 3. The van der Waals surface area contributed by atoms with E-state index in [1.807, 2.05) is 30.3 Å². The molecule has 4 nitrogen and oxygen atoms in total. The summed E-state index contributed by atoms with van der Waals surface area (Å²) >= 11 is 0. The van der Waals surface area contributed by atoms with E-state index >= 15 is 0 Å². The lowest BCUT2D eigenvalue weighted by Gasteiger charge is -2.35. The van der Waals surface area contributed by atoms with Gasteiger partial charge >= 0.3 is 6.18 Å². The number of H-pyrrole nitrogens is 1. The molecule has 204 valence electrons. The maximum atomic E-state index is 14.4. The second-order valence-electron chi connectivity index (χ2n) is 11.8. The minimum atomic E-state index is -4.78. The van der Waals surface area contributed by atoms with Crippen molar-refractivity contribution in [2.45, 2.75) is 43.7 Å². The van der Waals surface area contributed by atoms with E-state index in [2.05, 4.69) is 28.1 Å². The molecule has 1 N–H and O–H groups in total. The third kappa shape index (κ3) is 4.10. The number of halogens is 4. The van der Waals surface area contributed by atoms with E-state index in [4.69, 9.17) is 4.98 Å². The SMILES string of the molecule is N#Cc1cccc(-c2ccc(C3(c4nc5cc(F)c(C(F)(F)F)cc5[nH]4)CC34CCN(CC3CC3)CC4)cc2)c1. The van der Waals surface area contributed by atoms with Gasteiger partial charge in [0.1, 0.15) is 11.6 Å². The Morgan fingerprint density at radius 1 is 1.00 bits per heavy atom. The molecule has 3 aromatic carbocycles. The van der Waals surface area contributed by atoms with Gasteiger partial charge in [0.05, 0.1) is 33.6 Å². The molecule has 2 saturated carbocycles. The van der Waals surface area contributed by atoms with Crippen LogP contribution in [0.2, 0.25) is 0 Å². The summed E-state index contributed by atoms with van der Waals surface area (Å²) in [5, 5.41) is 9.29. The van der Waals surface area contributed by atoms with Crippen molar-refractivity contribution in [1.29, 1.82) is 5.26 Å². The zero-order valence-corrected chi connectivity index (χ0v) is 21.9. The number of nitrogens with one attached hydrogen (secondary N) is 1. The molecule has 1 spiro atoms. The Balaban J connectivity index is 1.28. The molecule has 1 aromatic heterocycles. The van der Waals surface area contributed by atoms with E-state index in [1.54, 1.807) is 6.07 Å². The van der Waals surface area contributed by atoms with Gasteiger partial charge in [0.25, 0.3) is 0 Å². The highest BCUT2D eigenvalue weighted by molar-refractivity contribution is 5.77. The zero-order valence-electron chi connectivity index (χ0n) is 21.9. The summed E-state index contributed by atoms with van der Waals surface area (Å²) in [7, 11) is 0. The van der Waals surface area contributed by atoms with Crippen LogP contribution in [0.25, 0.3) is 22.2 Å². The number of fused-ring (bicyclic) bond motifs is 1. The lowest BCUT2D eigenvalue weighted by Crippen LogP contribution is -2.39. The molecule has 0 amide bonds. The van der Waals surface area contributed by atoms with Gasteiger partial charge in [-0.2, -0.15) is 18.4 Å². The third-order valence-corrected chi connectivity index (χ3v) is 9.39. The number of nitriles is 1. The largest absolute Gasteiger partial charge is 0.419 e. The number of alkyl halides is 3. The molecule has 2 heterocycles. The van der Waals surface area contributed by atoms with E-state index in [9.17, 15) is 22.8 Å². The standard InChI is InChI=1S/C32H28F4N4/c33-26-16-28-27(15-25(26)32(34,35)36)38-29(39-28)31(19-30(31)10-12-40(13-11-30)18-20-4-5-20)24-8-6-22(7-9-24)23-3-1-2-21(14-23)17-37/h1-3,6-9,14-16,20H,4-5,10-13,18-19H2,(H,38,39). The summed E-state index contributed by atoms with van der Waals surface area (Å²) in [5.74, 6) is 0.115. The minimum absolute atomic E-state index is 0.0609. The summed E-state index contributed by atoms with van der Waals surface area (Å²) in [6.45, 7) is 3.12. The quantitative estimate of drug-likeness (QED) is 0.266. The topological polar surface area (TPSA) is 55.7 Å². The van der Waals surface area contributed by atoms with Gasteiger partial charge < -0.3 is 9.88 Å². The summed E-state index contributed by atoms with van der Waals surface area (Å²) in [6.07, 6.45) is 0.634. The van der Waals surface area contributed by atoms with Crippen LogP contribution < -0.4 is 0 Å². The number of rotatable bonds is 5. The molecule has 2 aliphatic carbocycles. The van der Waals surface area contributed by atoms with Crippen LogP contribution in [0.4, 0.5) is 17.6 Å². The van der Waals surface area contributed by atoms with Gasteiger partial charge in [-0.25, -0.2) is 9.37 Å². The second kappa shape index (κ2) is 8.90. The third-order valence-electron chi connectivity index (χ3n) is 9.39. The van der Waals surface area contributed by atoms with Gasteiger partial charge in [0.15, 0.2) is 0 Å². The van der Waals surface area contributed by atoms with E-state index in [0.29, 0.717) is 11.4 Å². The highest BCUT2D eigenvalue weighted by atomic mass is 19.4. The number of aromatic amines is 1. The van der Waals surface area contributed by atoms with E-state index in [-0.39, 0.29) is 16.4 Å². The van der Waals surface area contributed by atoms with Crippen LogP contribution in [-0.2, 0) is 11.6 Å². The van der Waals surface area contributed by atoms with Crippen molar-refractivity contribution in [3.8, 4) is 17.2 Å². The Morgan fingerprint density at radius 2 is 1.75 bits per heavy atom. The molecule has 1 aliphatic heterocycles. The first-order chi connectivity index (χ1) is 19.2. The fourth-order valence-electron chi connectivity index (χ4n) is 6.94. The number of hydrogen-bond acceptors (Lipinski definition) is 3. The molecule has 0 radical (unpaired) electrons. The Morgan fingerprint density at radius 3 is 2.42 bits per heavy atom. The summed E-state index contributed by atoms with van der Waals surface area (Å²) < 4.78 is 54.7. The minimum Gasteiger partial charge on any atom is -0.341 e. The number of imidazole rings is 1. The molecule has 1 unspecified atom stereocenters. The first-order valence-electron chi connectivity index (χ1n) is 13.8. The van der Waals surface area contributed by atoms with Crippen molar-refractivity contribution >= 4 is 11.0 Å². The normalized spacial score (nSPS) is 22.5. The van der Waals surface area contributed by atoms with Gasteiger partial charge in [-0.15, -0.1) is 0 Å². The number of likely N-dealkylation sites (tertiary alicyclic amines) is 1. The Hall–Kier alpha value is -3.70. The van der Waals surface area contributed by atoms with Crippen molar-refractivity contribution in [3.63, 3.8) is 0 Å². The second-order valence-corrected chi connectivity index (χ2v) is 11.8. The Bertz CT molecular complexity index is 1640. The van der Waals surface area contributed by atoms with Gasteiger partial charge in [0, 0.05) is 12.6 Å². The van der Waals surface area contributed by atoms with Crippen LogP contribution in [-0.4, -0.2) is 34.5 Å². The average molecular weight is 545 g/mol. The fraction of sp³-hybridized carbons (Fsp3) is 0.375. The average Bonchev–Trinajstić information content (AvgIpc) is 3.84. The lowest BCUT2D eigenvalue weighted by molar-refractivity contribution is -0.139. The maximum Gasteiger partial charge on any atom is 0.419 e. The van der Waals surface area contributed by atoms with Crippen molar-refractivity contribution < 1.29 is 17.6 Å². The van der Waals surface area contributed by atoms with Gasteiger partial charge in [-0.05, 0) is 91.4 Å². The van der Waals surface area contributed by atoms with E-state index in [1.165, 1.54) is 12.8 Å². The molecule has 1 saturated heterocycles. The van der Waals surface area contributed by atoms with Crippen LogP contribution in [0.1, 0.15) is 54.6 Å². The van der Waals surface area contributed by atoms with Crippen molar-refractivity contribution in [1.82, 2.24) is 14.9 Å². The Labute approximate surface area is 229 Å². The predicted octanol–water partition coefficient (Wildman–Crippen LogP) is 7.44. The molecule has 0 bridgehead atoms.